The van der Waals surface area contributed by atoms with Crippen LogP contribution in [0.4, 0.5) is 0 Å². The third kappa shape index (κ3) is 1.72. The number of aromatic hydroxyl groups is 1. The molecule has 3 fully saturated rings. The third-order valence-electron chi connectivity index (χ3n) is 9.60. The first-order valence-corrected chi connectivity index (χ1v) is 11.5. The number of piperidine rings is 1. The van der Waals surface area contributed by atoms with E-state index in [9.17, 15) is 9.90 Å². The van der Waals surface area contributed by atoms with Crippen LogP contribution in [0.15, 0.2) is 24.3 Å². The first kappa shape index (κ1) is 17.8. The van der Waals surface area contributed by atoms with Crippen molar-refractivity contribution in [3.8, 4) is 11.5 Å². The van der Waals surface area contributed by atoms with Gasteiger partial charge < -0.3 is 14.6 Å². The minimum absolute atomic E-state index is 0.145. The van der Waals surface area contributed by atoms with E-state index in [0.717, 1.165) is 31.7 Å². The summed E-state index contributed by atoms with van der Waals surface area (Å²) in [6, 6.07) is 4.27. The van der Waals surface area contributed by atoms with Crippen LogP contribution in [0.25, 0.3) is 0 Å². The highest BCUT2D eigenvalue weighted by atomic mass is 16.6. The topological polar surface area (TPSA) is 59.0 Å². The molecule has 5 nitrogen and oxygen atoms in total. The first-order valence-electron chi connectivity index (χ1n) is 11.5. The molecule has 8 rings (SSSR count). The van der Waals surface area contributed by atoms with E-state index in [-0.39, 0.29) is 34.4 Å². The molecule has 2 aliphatic heterocycles. The highest BCUT2D eigenvalue weighted by Gasteiger charge is 2.79. The fourth-order valence-corrected chi connectivity index (χ4v) is 8.24. The maximum absolute atomic E-state index is 12.9. The number of fused-ring (bicyclic) bond motifs is 1. The SMILES string of the molecule is COC12C=CC3(C[C@@H]1C(C)=O)C1Cc4ccc(O)c5c4[C@@]3(CCN1CC1CC1)[C@@H]2O5. The normalized spacial score (nSPS) is 44.7. The minimum atomic E-state index is -0.767. The van der Waals surface area contributed by atoms with E-state index in [1.165, 1.54) is 30.5 Å². The van der Waals surface area contributed by atoms with Crippen molar-refractivity contribution in [3.05, 3.63) is 35.4 Å². The van der Waals surface area contributed by atoms with E-state index in [4.69, 9.17) is 9.47 Å². The third-order valence-corrected chi connectivity index (χ3v) is 9.60. The molecule has 3 unspecified atom stereocenters. The summed E-state index contributed by atoms with van der Waals surface area (Å²) in [7, 11) is 1.71. The second kappa shape index (κ2) is 5.31. The number of rotatable bonds is 4. The number of hydrogen-bond donors (Lipinski definition) is 1. The molecule has 1 aromatic rings. The lowest BCUT2D eigenvalue weighted by atomic mass is 9.37. The van der Waals surface area contributed by atoms with Gasteiger partial charge in [0.2, 0.25) is 0 Å². The van der Waals surface area contributed by atoms with Crippen molar-refractivity contribution in [3.63, 3.8) is 0 Å². The average molecular weight is 408 g/mol. The molecule has 1 saturated heterocycles. The van der Waals surface area contributed by atoms with Gasteiger partial charge in [-0.05, 0) is 63.1 Å². The van der Waals surface area contributed by atoms with E-state index in [0.29, 0.717) is 11.8 Å². The smallest absolute Gasteiger partial charge is 0.165 e. The van der Waals surface area contributed by atoms with Crippen molar-refractivity contribution in [2.24, 2.45) is 17.3 Å². The van der Waals surface area contributed by atoms with Crippen molar-refractivity contribution in [1.82, 2.24) is 4.90 Å². The highest BCUT2D eigenvalue weighted by molar-refractivity contribution is 5.82. The Morgan fingerprint density at radius 2 is 2.17 bits per heavy atom. The van der Waals surface area contributed by atoms with Crippen LogP contribution in [0.5, 0.6) is 11.5 Å². The number of phenolic OH excluding ortho intramolecular Hbond substituents is 1. The number of carbonyl (C=O) groups excluding carboxylic acids is 1. The van der Waals surface area contributed by atoms with Crippen LogP contribution >= 0.6 is 0 Å². The molecule has 4 bridgehead atoms. The van der Waals surface area contributed by atoms with Gasteiger partial charge in [0.1, 0.15) is 17.5 Å². The molecule has 5 aliphatic carbocycles. The average Bonchev–Trinajstić information content (AvgIpc) is 3.48. The molecule has 158 valence electrons. The maximum atomic E-state index is 12.9. The van der Waals surface area contributed by atoms with Gasteiger partial charge in [-0.15, -0.1) is 0 Å². The van der Waals surface area contributed by atoms with E-state index < -0.39 is 5.60 Å². The number of Topliss-reactive ketones (excluding diaryl/α,β-unsaturated/α-hetero) is 1. The quantitative estimate of drug-likeness (QED) is 0.778. The van der Waals surface area contributed by atoms with Gasteiger partial charge in [0.25, 0.3) is 0 Å². The molecule has 0 radical (unpaired) electrons. The molecule has 6 atom stereocenters. The minimum Gasteiger partial charge on any atom is -0.504 e. The zero-order valence-corrected chi connectivity index (χ0v) is 17.7. The van der Waals surface area contributed by atoms with Gasteiger partial charge >= 0.3 is 0 Å². The molecule has 2 saturated carbocycles. The van der Waals surface area contributed by atoms with Crippen LogP contribution in [0.3, 0.4) is 0 Å². The number of phenols is 1. The number of ether oxygens (including phenoxy) is 2. The summed E-state index contributed by atoms with van der Waals surface area (Å²) in [5.74, 6) is 1.66. The van der Waals surface area contributed by atoms with Gasteiger partial charge in [-0.25, -0.2) is 0 Å². The zero-order chi connectivity index (χ0) is 20.5. The van der Waals surface area contributed by atoms with E-state index in [1.807, 2.05) is 0 Å². The Kier molecular flexibility index (Phi) is 3.15. The molecule has 7 aliphatic rings. The van der Waals surface area contributed by atoms with Crippen molar-refractivity contribution >= 4 is 5.78 Å². The van der Waals surface area contributed by atoms with Crippen molar-refractivity contribution in [2.75, 3.05) is 20.2 Å². The number of methoxy groups -OCH3 is 1. The molecule has 1 aromatic carbocycles. The molecule has 2 heterocycles. The van der Waals surface area contributed by atoms with Crippen LogP contribution in [-0.4, -0.2) is 53.7 Å². The molecule has 1 N–H and O–H groups in total. The number of likely N-dealkylation sites (tertiary alicyclic amines) is 1. The zero-order valence-electron chi connectivity index (χ0n) is 17.7. The Labute approximate surface area is 177 Å². The Bertz CT molecular complexity index is 1010. The number of hydrogen-bond acceptors (Lipinski definition) is 5. The summed E-state index contributed by atoms with van der Waals surface area (Å²) < 4.78 is 12.8. The molecular weight excluding hydrogens is 378 g/mol. The maximum Gasteiger partial charge on any atom is 0.165 e. The molecule has 30 heavy (non-hydrogen) atoms. The summed E-state index contributed by atoms with van der Waals surface area (Å²) in [5, 5.41) is 10.7. The first-order chi connectivity index (χ1) is 14.5. The lowest BCUT2D eigenvalue weighted by Crippen LogP contribution is -2.79. The van der Waals surface area contributed by atoms with Crippen molar-refractivity contribution < 1.29 is 19.4 Å². The number of ketones is 1. The largest absolute Gasteiger partial charge is 0.504 e. The second-order valence-electron chi connectivity index (χ2n) is 10.6. The number of nitrogens with zero attached hydrogens (tertiary/aromatic N) is 1. The Morgan fingerprint density at radius 1 is 1.33 bits per heavy atom. The molecule has 5 heteroatoms. The fourth-order valence-electron chi connectivity index (χ4n) is 8.24. The van der Waals surface area contributed by atoms with Crippen LogP contribution in [-0.2, 0) is 21.4 Å². The molecule has 0 aromatic heterocycles. The standard InChI is InChI=1S/C25H29NO4/c1-14(27)17-12-23-7-8-25(17,29-2)22-24(23)9-10-26(13-15-3-4-15)19(23)11-16-5-6-18(28)21(30-22)20(16)24/h5-8,15,17,19,22,28H,3-4,9-13H2,1-2H3/t17-,19?,22+,23?,24+,25?/m1/s1. The van der Waals surface area contributed by atoms with Crippen LogP contribution < -0.4 is 4.74 Å². The van der Waals surface area contributed by atoms with Crippen molar-refractivity contribution in [1.29, 1.82) is 0 Å². The Morgan fingerprint density at radius 3 is 2.90 bits per heavy atom. The van der Waals surface area contributed by atoms with Gasteiger partial charge in [0.05, 0.1) is 11.3 Å². The lowest BCUT2D eigenvalue weighted by Gasteiger charge is -2.71. The predicted molar refractivity (Wildman–Crippen MR) is 111 cm³/mol. The predicted octanol–water partition coefficient (Wildman–Crippen LogP) is 2.98. The van der Waals surface area contributed by atoms with Crippen molar-refractivity contribution in [2.45, 2.75) is 62.2 Å². The van der Waals surface area contributed by atoms with Gasteiger partial charge in [-0.3, -0.25) is 9.69 Å². The monoisotopic (exact) mass is 407 g/mol. The summed E-state index contributed by atoms with van der Waals surface area (Å²) in [6.07, 6.45) is 9.75. The summed E-state index contributed by atoms with van der Waals surface area (Å²) in [4.78, 5) is 15.6. The lowest BCUT2D eigenvalue weighted by molar-refractivity contribution is -0.214. The van der Waals surface area contributed by atoms with Gasteiger partial charge in [0, 0.05) is 30.7 Å². The second-order valence-corrected chi connectivity index (χ2v) is 10.6. The summed E-state index contributed by atoms with van der Waals surface area (Å²) in [5.41, 5.74) is 1.39. The fraction of sp³-hybridized carbons (Fsp3) is 0.640. The van der Waals surface area contributed by atoms with E-state index in [2.05, 4.69) is 23.1 Å². The van der Waals surface area contributed by atoms with Gasteiger partial charge in [0.15, 0.2) is 11.5 Å². The van der Waals surface area contributed by atoms with Crippen LogP contribution in [0.1, 0.15) is 43.7 Å². The number of carbonyl (C=O) groups is 1. The van der Waals surface area contributed by atoms with Gasteiger partial charge in [-0.1, -0.05) is 18.2 Å². The highest BCUT2D eigenvalue weighted by Crippen LogP contribution is 2.74. The Hall–Kier alpha value is -1.85. The summed E-state index contributed by atoms with van der Waals surface area (Å²) >= 11 is 0. The van der Waals surface area contributed by atoms with E-state index >= 15 is 0 Å². The number of benzene rings is 1. The molecule has 2 spiro atoms. The van der Waals surface area contributed by atoms with Crippen LogP contribution in [0, 0.1) is 17.3 Å². The molecular formula is C25H29NO4. The Balaban J connectivity index is 1.51. The van der Waals surface area contributed by atoms with Crippen LogP contribution in [0.2, 0.25) is 0 Å². The van der Waals surface area contributed by atoms with E-state index in [1.54, 1.807) is 20.1 Å². The molecule has 0 amide bonds. The summed E-state index contributed by atoms with van der Waals surface area (Å²) in [6.45, 7) is 3.92. The van der Waals surface area contributed by atoms with Gasteiger partial charge in [-0.2, -0.15) is 0 Å².